The predicted molar refractivity (Wildman–Crippen MR) is 61.0 cm³/mol. The van der Waals surface area contributed by atoms with Gasteiger partial charge in [-0.25, -0.2) is 9.78 Å². The number of nitrogens with zero attached hydrogens (tertiary/aromatic N) is 2. The first-order valence-corrected chi connectivity index (χ1v) is 4.99. The van der Waals surface area contributed by atoms with Crippen molar-refractivity contribution in [2.75, 3.05) is 0 Å². The lowest BCUT2D eigenvalue weighted by atomic mass is 10.1. The third-order valence-corrected chi connectivity index (χ3v) is 2.32. The Morgan fingerprint density at radius 2 is 2.18 bits per heavy atom. The normalized spacial score (nSPS) is 10.1. The topological polar surface area (TPSA) is 72.2 Å². The number of benzene rings is 1. The first-order valence-electron chi connectivity index (χ1n) is 4.99. The molecule has 1 aromatic carbocycles. The van der Waals surface area contributed by atoms with E-state index in [9.17, 15) is 9.59 Å². The van der Waals surface area contributed by atoms with Crippen LogP contribution >= 0.6 is 0 Å². The van der Waals surface area contributed by atoms with Gasteiger partial charge in [0, 0.05) is 12.3 Å². The lowest BCUT2D eigenvalue weighted by Gasteiger charge is -2.05. The van der Waals surface area contributed by atoms with Crippen molar-refractivity contribution in [1.82, 2.24) is 9.55 Å². The zero-order valence-electron chi connectivity index (χ0n) is 8.91. The molecule has 86 valence electrons. The fourth-order valence-corrected chi connectivity index (χ4v) is 1.50. The molecule has 0 aliphatic rings. The Morgan fingerprint density at radius 3 is 2.88 bits per heavy atom. The smallest absolute Gasteiger partial charge is 0.335 e. The Bertz CT molecular complexity index is 604. The van der Waals surface area contributed by atoms with E-state index >= 15 is 0 Å². The minimum absolute atomic E-state index is 0.166. The highest BCUT2D eigenvalue weighted by Crippen LogP contribution is 2.06. The molecule has 2 rings (SSSR count). The summed E-state index contributed by atoms with van der Waals surface area (Å²) in [6.07, 6.45) is 2.85. The van der Waals surface area contributed by atoms with Crippen molar-refractivity contribution >= 4 is 5.97 Å². The maximum Gasteiger partial charge on any atom is 0.335 e. The average molecular weight is 230 g/mol. The quantitative estimate of drug-likeness (QED) is 0.853. The Hall–Kier alpha value is -2.43. The molecule has 17 heavy (non-hydrogen) atoms. The summed E-state index contributed by atoms with van der Waals surface area (Å²) in [4.78, 5) is 26.1. The second kappa shape index (κ2) is 4.61. The van der Waals surface area contributed by atoms with Crippen molar-refractivity contribution in [3.8, 4) is 0 Å². The van der Waals surface area contributed by atoms with Crippen LogP contribution in [0.5, 0.6) is 0 Å². The summed E-state index contributed by atoms with van der Waals surface area (Å²) < 4.78 is 1.42. The summed E-state index contributed by atoms with van der Waals surface area (Å²) in [5.41, 5.74) is 0.792. The Balaban J connectivity index is 2.31. The molecule has 0 atom stereocenters. The van der Waals surface area contributed by atoms with Crippen LogP contribution in [-0.4, -0.2) is 20.6 Å². The number of hydrogen-bond donors (Lipinski definition) is 1. The molecule has 2 aromatic rings. The lowest BCUT2D eigenvalue weighted by molar-refractivity contribution is 0.0696. The van der Waals surface area contributed by atoms with Gasteiger partial charge in [0.1, 0.15) is 0 Å². The van der Waals surface area contributed by atoms with E-state index < -0.39 is 5.97 Å². The van der Waals surface area contributed by atoms with Crippen molar-refractivity contribution in [3.63, 3.8) is 0 Å². The molecule has 1 aromatic heterocycles. The lowest BCUT2D eigenvalue weighted by Crippen LogP contribution is -2.19. The predicted octanol–water partition coefficient (Wildman–Crippen LogP) is 0.990. The van der Waals surface area contributed by atoms with Crippen LogP contribution in [0.3, 0.4) is 0 Å². The van der Waals surface area contributed by atoms with Crippen LogP contribution in [-0.2, 0) is 6.54 Å². The molecule has 0 bridgehead atoms. The largest absolute Gasteiger partial charge is 0.478 e. The molecular weight excluding hydrogens is 220 g/mol. The van der Waals surface area contributed by atoms with Gasteiger partial charge in [0.2, 0.25) is 0 Å². The van der Waals surface area contributed by atoms with Gasteiger partial charge in [-0.05, 0) is 17.7 Å². The molecular formula is C12H10N2O3. The van der Waals surface area contributed by atoms with Crippen molar-refractivity contribution in [2.45, 2.75) is 6.54 Å². The van der Waals surface area contributed by atoms with Gasteiger partial charge in [-0.2, -0.15) is 0 Å². The van der Waals surface area contributed by atoms with E-state index in [1.165, 1.54) is 29.2 Å². The second-order valence-electron chi connectivity index (χ2n) is 3.55. The number of aromatic nitrogens is 2. The van der Waals surface area contributed by atoms with E-state index in [2.05, 4.69) is 4.98 Å². The van der Waals surface area contributed by atoms with Gasteiger partial charge in [0.25, 0.3) is 5.56 Å². The number of aromatic carboxylic acids is 1. The fourth-order valence-electron chi connectivity index (χ4n) is 1.50. The van der Waals surface area contributed by atoms with Crippen LogP contribution in [0.2, 0.25) is 0 Å². The number of carboxylic acid groups (broad SMARTS) is 1. The van der Waals surface area contributed by atoms with Gasteiger partial charge in [-0.3, -0.25) is 9.36 Å². The summed E-state index contributed by atoms with van der Waals surface area (Å²) in [7, 11) is 0. The van der Waals surface area contributed by atoms with Crippen LogP contribution in [0.15, 0.2) is 47.7 Å². The van der Waals surface area contributed by atoms with E-state index in [4.69, 9.17) is 5.11 Å². The summed E-state index contributed by atoms with van der Waals surface area (Å²) in [6, 6.07) is 7.84. The molecule has 5 nitrogen and oxygen atoms in total. The van der Waals surface area contributed by atoms with Crippen molar-refractivity contribution in [1.29, 1.82) is 0 Å². The number of rotatable bonds is 3. The summed E-state index contributed by atoms with van der Waals surface area (Å²) in [5.74, 6) is -0.981. The van der Waals surface area contributed by atoms with Crippen LogP contribution in [0, 0.1) is 0 Å². The van der Waals surface area contributed by atoms with E-state index in [0.717, 1.165) is 5.56 Å². The van der Waals surface area contributed by atoms with Gasteiger partial charge < -0.3 is 5.11 Å². The molecule has 0 spiro atoms. The maximum atomic E-state index is 11.4. The minimum atomic E-state index is -0.981. The highest BCUT2D eigenvalue weighted by atomic mass is 16.4. The SMILES string of the molecule is O=C(O)c1cccc(Cn2cnccc2=O)c1. The van der Waals surface area contributed by atoms with E-state index in [1.807, 2.05) is 0 Å². The first-order chi connectivity index (χ1) is 8.16. The molecule has 0 aliphatic carbocycles. The standard InChI is InChI=1S/C12H10N2O3/c15-11-4-5-13-8-14(11)7-9-2-1-3-10(6-9)12(16)17/h1-6,8H,7H2,(H,16,17). The van der Waals surface area contributed by atoms with Gasteiger partial charge in [0.05, 0.1) is 18.4 Å². The van der Waals surface area contributed by atoms with E-state index in [1.54, 1.807) is 18.2 Å². The fraction of sp³-hybridized carbons (Fsp3) is 0.0833. The zero-order chi connectivity index (χ0) is 12.3. The van der Waals surface area contributed by atoms with Gasteiger partial charge in [-0.1, -0.05) is 12.1 Å². The third kappa shape index (κ3) is 2.57. The van der Waals surface area contributed by atoms with E-state index in [-0.39, 0.29) is 11.1 Å². The van der Waals surface area contributed by atoms with Crippen molar-refractivity contribution in [3.05, 3.63) is 64.3 Å². The monoisotopic (exact) mass is 230 g/mol. The van der Waals surface area contributed by atoms with E-state index in [0.29, 0.717) is 6.54 Å². The van der Waals surface area contributed by atoms with Crippen molar-refractivity contribution < 1.29 is 9.90 Å². The number of carbonyl (C=O) groups is 1. The molecule has 0 unspecified atom stereocenters. The molecule has 0 saturated carbocycles. The molecule has 5 heteroatoms. The molecule has 0 fully saturated rings. The summed E-state index contributed by atoms with van der Waals surface area (Å²) >= 11 is 0. The number of hydrogen-bond acceptors (Lipinski definition) is 3. The highest BCUT2D eigenvalue weighted by molar-refractivity contribution is 5.87. The van der Waals surface area contributed by atoms with Gasteiger partial charge in [-0.15, -0.1) is 0 Å². The maximum absolute atomic E-state index is 11.4. The Labute approximate surface area is 97.0 Å². The van der Waals surface area contributed by atoms with Crippen LogP contribution in [0.25, 0.3) is 0 Å². The third-order valence-electron chi connectivity index (χ3n) is 2.32. The van der Waals surface area contributed by atoms with Crippen molar-refractivity contribution in [2.24, 2.45) is 0 Å². The van der Waals surface area contributed by atoms with Crippen LogP contribution < -0.4 is 5.56 Å². The average Bonchev–Trinajstić information content (AvgIpc) is 2.32. The van der Waals surface area contributed by atoms with Crippen LogP contribution in [0.4, 0.5) is 0 Å². The highest BCUT2D eigenvalue weighted by Gasteiger charge is 2.04. The minimum Gasteiger partial charge on any atom is -0.478 e. The zero-order valence-corrected chi connectivity index (χ0v) is 8.91. The molecule has 0 amide bonds. The molecule has 1 N–H and O–H groups in total. The molecule has 1 heterocycles. The van der Waals surface area contributed by atoms with Gasteiger partial charge in [0.15, 0.2) is 0 Å². The summed E-state index contributed by atoms with van der Waals surface area (Å²) in [5, 5.41) is 8.85. The van der Waals surface area contributed by atoms with Gasteiger partial charge >= 0.3 is 5.97 Å². The molecule has 0 aliphatic heterocycles. The van der Waals surface area contributed by atoms with Crippen LogP contribution in [0.1, 0.15) is 15.9 Å². The number of carboxylic acids is 1. The summed E-state index contributed by atoms with van der Waals surface area (Å²) in [6.45, 7) is 0.313. The first kappa shape index (κ1) is 11.1. The Kier molecular flexibility index (Phi) is 3.00. The second-order valence-corrected chi connectivity index (χ2v) is 3.55. The molecule has 0 radical (unpaired) electrons. The Morgan fingerprint density at radius 1 is 1.35 bits per heavy atom. The molecule has 0 saturated heterocycles.